The summed E-state index contributed by atoms with van der Waals surface area (Å²) >= 11 is 0. The zero-order valence-electron chi connectivity index (χ0n) is 21.5. The van der Waals surface area contributed by atoms with Gasteiger partial charge in [-0.3, -0.25) is 0 Å². The van der Waals surface area contributed by atoms with E-state index in [9.17, 15) is 0 Å². The van der Waals surface area contributed by atoms with Crippen LogP contribution in [0.3, 0.4) is 0 Å². The van der Waals surface area contributed by atoms with Gasteiger partial charge in [0.05, 0.1) is 0 Å². The van der Waals surface area contributed by atoms with Gasteiger partial charge in [0.25, 0.3) is 0 Å². The Hall–Kier alpha value is -1.52. The Morgan fingerprint density at radius 2 is 1.65 bits per heavy atom. The number of nitrogens with zero attached hydrogens (tertiary/aromatic N) is 1. The molecule has 4 heteroatoms. The van der Waals surface area contributed by atoms with Gasteiger partial charge in [-0.25, -0.2) is 0 Å². The molecule has 1 rings (SSSR count). The average molecular weight is 435 g/mol. The molecule has 0 aliphatic heterocycles. The lowest BCUT2D eigenvalue weighted by Crippen LogP contribution is -2.32. The summed E-state index contributed by atoms with van der Waals surface area (Å²) < 4.78 is 0. The van der Waals surface area contributed by atoms with Crippen LogP contribution in [-0.4, -0.2) is 31.6 Å². The molecule has 0 aromatic rings. The van der Waals surface area contributed by atoms with Gasteiger partial charge < -0.3 is 22.1 Å². The highest BCUT2D eigenvalue weighted by atomic mass is 15.1. The first-order valence-electron chi connectivity index (χ1n) is 12.6. The minimum atomic E-state index is 0.690. The Balaban J connectivity index is 0. The second kappa shape index (κ2) is 23.1. The molecule has 31 heavy (non-hydrogen) atoms. The summed E-state index contributed by atoms with van der Waals surface area (Å²) in [5.41, 5.74) is 21.7. The first-order chi connectivity index (χ1) is 15.1. The lowest BCUT2D eigenvalue weighted by Gasteiger charge is -2.30. The Labute approximate surface area is 194 Å². The van der Waals surface area contributed by atoms with Crippen LogP contribution in [0.15, 0.2) is 47.3 Å². The Bertz CT molecular complexity index is 517. The normalized spacial score (nSPS) is 18.0. The van der Waals surface area contributed by atoms with Crippen LogP contribution in [0.5, 0.6) is 0 Å². The first-order valence-corrected chi connectivity index (χ1v) is 12.6. The van der Waals surface area contributed by atoms with Crippen molar-refractivity contribution in [1.29, 1.82) is 0 Å². The summed E-state index contributed by atoms with van der Waals surface area (Å²) in [5, 5.41) is 0. The summed E-state index contributed by atoms with van der Waals surface area (Å²) in [4.78, 5) is 2.46. The maximum absolute atomic E-state index is 6.49. The van der Waals surface area contributed by atoms with Crippen LogP contribution in [0, 0.1) is 0 Å². The third-order valence-corrected chi connectivity index (χ3v) is 5.23. The average Bonchev–Trinajstić information content (AvgIpc) is 2.78. The predicted octanol–water partition coefficient (Wildman–Crippen LogP) is 6.40. The smallest absolute Gasteiger partial charge is 0.0327 e. The Morgan fingerprint density at radius 1 is 1.03 bits per heavy atom. The fraction of sp³-hybridized carbons (Fsp3) is 0.704. The third kappa shape index (κ3) is 16.8. The highest BCUT2D eigenvalue weighted by Crippen LogP contribution is 2.24. The van der Waals surface area contributed by atoms with Crippen LogP contribution < -0.4 is 17.2 Å². The third-order valence-electron chi connectivity index (χ3n) is 5.23. The molecular formula is C27H54N4. The van der Waals surface area contributed by atoms with Gasteiger partial charge in [-0.1, -0.05) is 95.2 Å². The molecule has 0 heterocycles. The van der Waals surface area contributed by atoms with E-state index in [2.05, 4.69) is 42.4 Å². The molecule has 4 nitrogen and oxygen atoms in total. The van der Waals surface area contributed by atoms with Crippen molar-refractivity contribution in [2.45, 2.75) is 98.3 Å². The molecule has 0 saturated heterocycles. The number of unbranched alkanes of at least 4 members (excludes halogenated alkanes) is 6. The van der Waals surface area contributed by atoms with E-state index in [1.54, 1.807) is 0 Å². The van der Waals surface area contributed by atoms with Crippen molar-refractivity contribution in [1.82, 2.24) is 4.90 Å². The summed E-state index contributed by atoms with van der Waals surface area (Å²) in [7, 11) is 1.50. The van der Waals surface area contributed by atoms with E-state index in [-0.39, 0.29) is 0 Å². The molecule has 0 fully saturated rings. The van der Waals surface area contributed by atoms with Crippen molar-refractivity contribution in [3.05, 3.63) is 47.3 Å². The van der Waals surface area contributed by atoms with Crippen LogP contribution in [0.25, 0.3) is 0 Å². The van der Waals surface area contributed by atoms with Gasteiger partial charge in [0.2, 0.25) is 0 Å². The fourth-order valence-electron chi connectivity index (χ4n) is 3.64. The van der Waals surface area contributed by atoms with Crippen molar-refractivity contribution in [3.8, 4) is 0 Å². The molecule has 0 amide bonds. The van der Waals surface area contributed by atoms with Crippen molar-refractivity contribution in [2.75, 3.05) is 26.7 Å². The molecule has 1 aliphatic rings. The lowest BCUT2D eigenvalue weighted by molar-refractivity contribution is 0.322. The highest BCUT2D eigenvalue weighted by Gasteiger charge is 2.14. The molecule has 6 N–H and O–H groups in total. The quantitative estimate of drug-likeness (QED) is 0.231. The van der Waals surface area contributed by atoms with Gasteiger partial charge in [0.1, 0.15) is 0 Å². The maximum Gasteiger partial charge on any atom is 0.0327 e. The molecule has 0 radical (unpaired) electrons. The van der Waals surface area contributed by atoms with E-state index in [1.165, 1.54) is 63.3 Å². The molecule has 0 atom stereocenters. The van der Waals surface area contributed by atoms with E-state index < -0.39 is 0 Å². The monoisotopic (exact) mass is 434 g/mol. The molecule has 0 aromatic carbocycles. The second-order valence-electron chi connectivity index (χ2n) is 7.89. The van der Waals surface area contributed by atoms with Crippen LogP contribution in [0.2, 0.25) is 0 Å². The number of hydrogen-bond acceptors (Lipinski definition) is 4. The minimum Gasteiger partial charge on any atom is -0.400 e. The molecule has 182 valence electrons. The Kier molecular flexibility index (Phi) is 23.6. The molecule has 1 aliphatic carbocycles. The maximum atomic E-state index is 6.49. The number of allylic oxidation sites excluding steroid dienone is 6. The zero-order valence-corrected chi connectivity index (χ0v) is 21.5. The van der Waals surface area contributed by atoms with E-state index in [1.807, 2.05) is 20.8 Å². The van der Waals surface area contributed by atoms with Crippen molar-refractivity contribution in [2.24, 2.45) is 17.2 Å². The minimum absolute atomic E-state index is 0.690. The van der Waals surface area contributed by atoms with Gasteiger partial charge in [-0.2, -0.15) is 0 Å². The highest BCUT2D eigenvalue weighted by molar-refractivity contribution is 5.28. The zero-order chi connectivity index (χ0) is 23.9. The van der Waals surface area contributed by atoms with E-state index >= 15 is 0 Å². The molecule has 0 spiro atoms. The van der Waals surface area contributed by atoms with Gasteiger partial charge in [-0.05, 0) is 39.7 Å². The molecule has 0 unspecified atom stereocenters. The first kappa shape index (κ1) is 31.7. The van der Waals surface area contributed by atoms with Crippen LogP contribution in [-0.2, 0) is 0 Å². The van der Waals surface area contributed by atoms with Crippen molar-refractivity contribution < 1.29 is 0 Å². The number of hydrogen-bond donors (Lipinski definition) is 3. The van der Waals surface area contributed by atoms with Crippen LogP contribution in [0.1, 0.15) is 98.3 Å². The SMILES string of the molecule is C=C(C)/C=C/C1=C/C/C(N)=C(/N(CCN)CCCCCCCCC)CCC1.CC.CN. The Morgan fingerprint density at radius 3 is 2.23 bits per heavy atom. The second-order valence-corrected chi connectivity index (χ2v) is 7.89. The molecule has 0 aromatic heterocycles. The van der Waals surface area contributed by atoms with Crippen molar-refractivity contribution in [3.63, 3.8) is 0 Å². The van der Waals surface area contributed by atoms with Gasteiger partial charge >= 0.3 is 0 Å². The topological polar surface area (TPSA) is 81.3 Å². The number of rotatable bonds is 13. The summed E-state index contributed by atoms with van der Waals surface area (Å²) in [6, 6.07) is 0. The standard InChI is InChI=1S/C24H43N3.C2H6.CH5N/c1-4-5-6-7-8-9-10-19-27(20-18-25)24-13-11-12-22(15-14-21(2)3)16-17-23(24)26;2*1-2/h14-16H,2,4-13,17-20,25-26H2,1,3H3;1-2H3;2H2,1H3/b15-14+,22-16+,24-23-;;. The molecular weight excluding hydrogens is 380 g/mol. The fourth-order valence-corrected chi connectivity index (χ4v) is 3.64. The number of nitrogens with two attached hydrogens (primary N) is 3. The van der Waals surface area contributed by atoms with E-state index in [4.69, 9.17) is 11.5 Å². The lowest BCUT2D eigenvalue weighted by atomic mass is 9.99. The largest absolute Gasteiger partial charge is 0.400 e. The molecule has 0 saturated carbocycles. The molecule has 0 bridgehead atoms. The summed E-state index contributed by atoms with van der Waals surface area (Å²) in [5.74, 6) is 0. The van der Waals surface area contributed by atoms with Crippen molar-refractivity contribution >= 4 is 0 Å². The van der Waals surface area contributed by atoms with E-state index in [0.29, 0.717) is 6.54 Å². The van der Waals surface area contributed by atoms with E-state index in [0.717, 1.165) is 50.0 Å². The predicted molar refractivity (Wildman–Crippen MR) is 142 cm³/mol. The van der Waals surface area contributed by atoms with Gasteiger partial charge in [0, 0.05) is 37.4 Å². The van der Waals surface area contributed by atoms with Crippen LogP contribution >= 0.6 is 0 Å². The van der Waals surface area contributed by atoms with Crippen LogP contribution in [0.4, 0.5) is 0 Å². The van der Waals surface area contributed by atoms with Gasteiger partial charge in [0.15, 0.2) is 0 Å². The summed E-state index contributed by atoms with van der Waals surface area (Å²) in [6.07, 6.45) is 20.1. The van der Waals surface area contributed by atoms with Gasteiger partial charge in [-0.15, -0.1) is 0 Å². The summed E-state index contributed by atoms with van der Waals surface area (Å²) in [6.45, 7) is 14.9.